The summed E-state index contributed by atoms with van der Waals surface area (Å²) >= 11 is 0. The first-order chi connectivity index (χ1) is 7.65. The quantitative estimate of drug-likeness (QED) is 0.828. The minimum atomic E-state index is -0.0318. The molecule has 0 fully saturated rings. The van der Waals surface area contributed by atoms with Gasteiger partial charge >= 0.3 is 0 Å². The predicted molar refractivity (Wildman–Crippen MR) is 65.4 cm³/mol. The third kappa shape index (κ3) is 2.31. The molecule has 0 unspecified atom stereocenters. The standard InChI is InChI=1S/C13H14N2O/c1-10-3-2-4-11(7-10)8-15-9-12(14)5-6-13(15)16/h2-7,9H,8,14H2,1H3. The van der Waals surface area contributed by atoms with Gasteiger partial charge in [-0.05, 0) is 18.6 Å². The summed E-state index contributed by atoms with van der Waals surface area (Å²) < 4.78 is 1.62. The molecule has 2 rings (SSSR count). The molecule has 0 saturated carbocycles. The molecule has 0 atom stereocenters. The van der Waals surface area contributed by atoms with Gasteiger partial charge in [0.25, 0.3) is 5.56 Å². The summed E-state index contributed by atoms with van der Waals surface area (Å²) in [6.45, 7) is 2.59. The van der Waals surface area contributed by atoms with E-state index in [0.29, 0.717) is 12.2 Å². The molecule has 0 amide bonds. The van der Waals surface area contributed by atoms with Crippen LogP contribution in [0.25, 0.3) is 0 Å². The van der Waals surface area contributed by atoms with Gasteiger partial charge in [0.05, 0.1) is 6.54 Å². The van der Waals surface area contributed by atoms with Crippen molar-refractivity contribution >= 4 is 5.69 Å². The first kappa shape index (κ1) is 10.5. The number of nitrogens with two attached hydrogens (primary N) is 1. The molecular formula is C13H14N2O. The van der Waals surface area contributed by atoms with E-state index in [1.165, 1.54) is 11.6 Å². The third-order valence-electron chi connectivity index (χ3n) is 2.44. The van der Waals surface area contributed by atoms with Crippen LogP contribution in [0.4, 0.5) is 5.69 Å². The highest BCUT2D eigenvalue weighted by Crippen LogP contribution is 2.06. The maximum Gasteiger partial charge on any atom is 0.250 e. The Hall–Kier alpha value is -2.03. The van der Waals surface area contributed by atoms with Crippen molar-refractivity contribution in [3.05, 3.63) is 64.1 Å². The fourth-order valence-corrected chi connectivity index (χ4v) is 1.68. The fourth-order valence-electron chi connectivity index (χ4n) is 1.68. The van der Waals surface area contributed by atoms with Crippen LogP contribution < -0.4 is 11.3 Å². The van der Waals surface area contributed by atoms with Gasteiger partial charge in [0.15, 0.2) is 0 Å². The van der Waals surface area contributed by atoms with Gasteiger partial charge < -0.3 is 10.3 Å². The molecule has 3 heteroatoms. The van der Waals surface area contributed by atoms with Gasteiger partial charge in [-0.3, -0.25) is 4.79 Å². The van der Waals surface area contributed by atoms with Gasteiger partial charge in [-0.2, -0.15) is 0 Å². The topological polar surface area (TPSA) is 48.0 Å². The van der Waals surface area contributed by atoms with Crippen molar-refractivity contribution in [1.29, 1.82) is 0 Å². The second-order valence-electron chi connectivity index (χ2n) is 3.92. The zero-order valence-corrected chi connectivity index (χ0v) is 9.18. The second kappa shape index (κ2) is 4.23. The molecule has 1 aromatic heterocycles. The van der Waals surface area contributed by atoms with Crippen LogP contribution in [-0.4, -0.2) is 4.57 Å². The van der Waals surface area contributed by atoms with Crippen LogP contribution in [0, 0.1) is 6.92 Å². The smallest absolute Gasteiger partial charge is 0.250 e. The van der Waals surface area contributed by atoms with Crippen molar-refractivity contribution in [2.45, 2.75) is 13.5 Å². The summed E-state index contributed by atoms with van der Waals surface area (Å²) in [4.78, 5) is 11.6. The lowest BCUT2D eigenvalue weighted by Gasteiger charge is -2.07. The van der Waals surface area contributed by atoms with Crippen molar-refractivity contribution in [1.82, 2.24) is 4.57 Å². The first-order valence-corrected chi connectivity index (χ1v) is 5.17. The molecule has 0 spiro atoms. The first-order valence-electron chi connectivity index (χ1n) is 5.17. The molecule has 16 heavy (non-hydrogen) atoms. The average Bonchev–Trinajstić information content (AvgIpc) is 2.24. The summed E-state index contributed by atoms with van der Waals surface area (Å²) in [5.74, 6) is 0. The van der Waals surface area contributed by atoms with Crippen LogP contribution >= 0.6 is 0 Å². The largest absolute Gasteiger partial charge is 0.398 e. The summed E-state index contributed by atoms with van der Waals surface area (Å²) in [5.41, 5.74) is 8.52. The summed E-state index contributed by atoms with van der Waals surface area (Å²) in [6.07, 6.45) is 1.67. The molecule has 0 aliphatic carbocycles. The number of nitrogen functional groups attached to an aromatic ring is 1. The molecule has 0 saturated heterocycles. The zero-order valence-electron chi connectivity index (χ0n) is 9.18. The van der Waals surface area contributed by atoms with Crippen molar-refractivity contribution in [3.63, 3.8) is 0 Å². The van der Waals surface area contributed by atoms with E-state index in [2.05, 4.69) is 6.07 Å². The van der Waals surface area contributed by atoms with E-state index in [1.807, 2.05) is 25.1 Å². The predicted octanol–water partition coefficient (Wildman–Crippen LogP) is 1.79. The zero-order chi connectivity index (χ0) is 11.5. The minimum absolute atomic E-state index is 0.0318. The SMILES string of the molecule is Cc1cccc(Cn2cc(N)ccc2=O)c1. The molecule has 0 aliphatic rings. The van der Waals surface area contributed by atoms with Gasteiger partial charge in [0.2, 0.25) is 0 Å². The lowest BCUT2D eigenvalue weighted by Crippen LogP contribution is -2.19. The van der Waals surface area contributed by atoms with Gasteiger partial charge in [-0.1, -0.05) is 29.8 Å². The molecule has 2 N–H and O–H groups in total. The Morgan fingerprint density at radius 2 is 2.06 bits per heavy atom. The van der Waals surface area contributed by atoms with Gasteiger partial charge in [-0.15, -0.1) is 0 Å². The summed E-state index contributed by atoms with van der Waals surface area (Å²) in [6, 6.07) is 11.2. The van der Waals surface area contributed by atoms with Crippen LogP contribution in [-0.2, 0) is 6.54 Å². The summed E-state index contributed by atoms with van der Waals surface area (Å²) in [5, 5.41) is 0. The number of anilines is 1. The molecule has 82 valence electrons. The molecule has 1 aromatic carbocycles. The Balaban J connectivity index is 2.34. The Morgan fingerprint density at radius 3 is 2.81 bits per heavy atom. The number of rotatable bonds is 2. The van der Waals surface area contributed by atoms with Crippen LogP contribution in [0.3, 0.4) is 0 Å². The highest BCUT2D eigenvalue weighted by atomic mass is 16.1. The van der Waals surface area contributed by atoms with Gasteiger partial charge in [0, 0.05) is 18.0 Å². The van der Waals surface area contributed by atoms with Crippen LogP contribution in [0.15, 0.2) is 47.4 Å². The number of hydrogen-bond donors (Lipinski definition) is 1. The van der Waals surface area contributed by atoms with Crippen LogP contribution in [0.1, 0.15) is 11.1 Å². The van der Waals surface area contributed by atoms with E-state index in [-0.39, 0.29) is 5.56 Å². The Kier molecular flexibility index (Phi) is 2.77. The van der Waals surface area contributed by atoms with Gasteiger partial charge in [0.1, 0.15) is 0 Å². The Labute approximate surface area is 94.1 Å². The van der Waals surface area contributed by atoms with Crippen molar-refractivity contribution < 1.29 is 0 Å². The van der Waals surface area contributed by atoms with E-state index in [0.717, 1.165) is 5.56 Å². The van der Waals surface area contributed by atoms with Crippen molar-refractivity contribution in [2.24, 2.45) is 0 Å². The maximum atomic E-state index is 11.6. The van der Waals surface area contributed by atoms with Crippen LogP contribution in [0.5, 0.6) is 0 Å². The van der Waals surface area contributed by atoms with E-state index in [9.17, 15) is 4.79 Å². The molecule has 0 bridgehead atoms. The second-order valence-corrected chi connectivity index (χ2v) is 3.92. The van der Waals surface area contributed by atoms with Gasteiger partial charge in [-0.25, -0.2) is 0 Å². The Morgan fingerprint density at radius 1 is 1.25 bits per heavy atom. The highest BCUT2D eigenvalue weighted by molar-refractivity contribution is 5.34. The van der Waals surface area contributed by atoms with E-state index < -0.39 is 0 Å². The molecular weight excluding hydrogens is 200 g/mol. The molecule has 0 radical (unpaired) electrons. The molecule has 3 nitrogen and oxygen atoms in total. The average molecular weight is 214 g/mol. The number of hydrogen-bond acceptors (Lipinski definition) is 2. The minimum Gasteiger partial charge on any atom is -0.398 e. The Bertz CT molecular complexity index is 558. The van der Waals surface area contributed by atoms with E-state index >= 15 is 0 Å². The third-order valence-corrected chi connectivity index (χ3v) is 2.44. The number of nitrogens with zero attached hydrogens (tertiary/aromatic N) is 1. The normalized spacial score (nSPS) is 10.3. The molecule has 1 heterocycles. The number of benzene rings is 1. The molecule has 2 aromatic rings. The molecule has 0 aliphatic heterocycles. The monoisotopic (exact) mass is 214 g/mol. The van der Waals surface area contributed by atoms with Crippen molar-refractivity contribution in [3.8, 4) is 0 Å². The number of pyridine rings is 1. The van der Waals surface area contributed by atoms with E-state index in [1.54, 1.807) is 16.8 Å². The van der Waals surface area contributed by atoms with E-state index in [4.69, 9.17) is 5.73 Å². The fraction of sp³-hybridized carbons (Fsp3) is 0.154. The summed E-state index contributed by atoms with van der Waals surface area (Å²) in [7, 11) is 0. The van der Waals surface area contributed by atoms with Crippen molar-refractivity contribution in [2.75, 3.05) is 5.73 Å². The highest BCUT2D eigenvalue weighted by Gasteiger charge is 1.98. The maximum absolute atomic E-state index is 11.6. The lowest BCUT2D eigenvalue weighted by molar-refractivity contribution is 0.761. The number of aryl methyl sites for hydroxylation is 1. The van der Waals surface area contributed by atoms with Crippen LogP contribution in [0.2, 0.25) is 0 Å². The lowest BCUT2D eigenvalue weighted by atomic mass is 10.1. The number of aromatic nitrogens is 1.